The van der Waals surface area contributed by atoms with Crippen LogP contribution in [0.15, 0.2) is 36.4 Å². The summed E-state index contributed by atoms with van der Waals surface area (Å²) in [5, 5.41) is 5.67. The number of ether oxygens (including phenoxy) is 2. The summed E-state index contributed by atoms with van der Waals surface area (Å²) in [6, 6.07) is 10.8. The SMILES string of the molecule is CN(Cc1nsc(NC(=O)NCc2ccc(Cl)s2)n1)C(=O)OC1Cc2ccccc2O1. The summed E-state index contributed by atoms with van der Waals surface area (Å²) in [7, 11) is 1.58. The molecule has 1 aromatic carbocycles. The van der Waals surface area contributed by atoms with Gasteiger partial charge in [-0.2, -0.15) is 4.37 Å². The molecule has 3 heterocycles. The lowest BCUT2D eigenvalue weighted by molar-refractivity contribution is -0.0305. The van der Waals surface area contributed by atoms with E-state index in [1.165, 1.54) is 16.2 Å². The van der Waals surface area contributed by atoms with Gasteiger partial charge in [0.2, 0.25) is 11.4 Å². The average Bonchev–Trinajstić information content (AvgIpc) is 3.46. The Hall–Kier alpha value is -2.89. The molecule has 1 atom stereocenters. The Morgan fingerprint density at radius 1 is 1.32 bits per heavy atom. The van der Waals surface area contributed by atoms with E-state index in [0.717, 1.165) is 27.7 Å². The summed E-state index contributed by atoms with van der Waals surface area (Å²) in [6.07, 6.45) is -0.699. The molecule has 1 aliphatic heterocycles. The van der Waals surface area contributed by atoms with Gasteiger partial charge in [-0.15, -0.1) is 11.3 Å². The fraction of sp³-hybridized carbons (Fsp3) is 0.263. The van der Waals surface area contributed by atoms with Crippen LogP contribution in [-0.2, 0) is 24.2 Å². The zero-order valence-corrected chi connectivity index (χ0v) is 18.7. The quantitative estimate of drug-likeness (QED) is 0.551. The molecular formula is C19H18ClN5O4S2. The van der Waals surface area contributed by atoms with Crippen molar-refractivity contribution < 1.29 is 19.1 Å². The third-order valence-electron chi connectivity index (χ3n) is 4.28. The Morgan fingerprint density at radius 3 is 2.94 bits per heavy atom. The van der Waals surface area contributed by atoms with E-state index in [1.54, 1.807) is 13.1 Å². The Kier molecular flexibility index (Phi) is 6.54. The van der Waals surface area contributed by atoms with Gasteiger partial charge in [-0.1, -0.05) is 29.8 Å². The van der Waals surface area contributed by atoms with Gasteiger partial charge in [0, 0.05) is 29.0 Å². The molecule has 0 fully saturated rings. The first-order valence-corrected chi connectivity index (χ1v) is 11.2. The van der Waals surface area contributed by atoms with Crippen molar-refractivity contribution in [1.29, 1.82) is 0 Å². The lowest BCUT2D eigenvalue weighted by Crippen LogP contribution is -2.32. The predicted octanol–water partition coefficient (Wildman–Crippen LogP) is 4.10. The monoisotopic (exact) mass is 479 g/mol. The van der Waals surface area contributed by atoms with Gasteiger partial charge in [-0.05, 0) is 18.2 Å². The van der Waals surface area contributed by atoms with Gasteiger partial charge in [-0.3, -0.25) is 5.32 Å². The van der Waals surface area contributed by atoms with Gasteiger partial charge in [0.25, 0.3) is 0 Å². The van der Waals surface area contributed by atoms with E-state index in [-0.39, 0.29) is 6.54 Å². The fourth-order valence-corrected chi connectivity index (χ4v) is 4.42. The van der Waals surface area contributed by atoms with Crippen molar-refractivity contribution in [2.45, 2.75) is 25.8 Å². The number of nitrogens with zero attached hydrogens (tertiary/aromatic N) is 3. The fourth-order valence-electron chi connectivity index (χ4n) is 2.82. The molecule has 0 radical (unpaired) electrons. The minimum Gasteiger partial charge on any atom is -0.454 e. The van der Waals surface area contributed by atoms with Gasteiger partial charge in [-0.25, -0.2) is 14.6 Å². The first kappa shape index (κ1) is 21.3. The van der Waals surface area contributed by atoms with E-state index in [1.807, 2.05) is 30.3 Å². The number of aromatic nitrogens is 2. The summed E-state index contributed by atoms with van der Waals surface area (Å²) < 4.78 is 15.9. The number of halogens is 1. The third kappa shape index (κ3) is 5.63. The largest absolute Gasteiger partial charge is 0.454 e. The molecule has 2 aromatic heterocycles. The molecule has 4 rings (SSSR count). The van der Waals surface area contributed by atoms with Crippen LogP contribution in [0.2, 0.25) is 4.34 Å². The minimum atomic E-state index is -0.658. The second-order valence-electron chi connectivity index (χ2n) is 6.63. The molecule has 12 heteroatoms. The molecule has 3 amide bonds. The van der Waals surface area contributed by atoms with Gasteiger partial charge in [0.05, 0.1) is 23.8 Å². The van der Waals surface area contributed by atoms with Crippen molar-refractivity contribution in [3.8, 4) is 5.75 Å². The number of urea groups is 1. The summed E-state index contributed by atoms with van der Waals surface area (Å²) >= 11 is 8.29. The highest BCUT2D eigenvalue weighted by Crippen LogP contribution is 2.29. The summed E-state index contributed by atoms with van der Waals surface area (Å²) in [6.45, 7) is 0.489. The first-order chi connectivity index (χ1) is 15.0. The van der Waals surface area contributed by atoms with Gasteiger partial charge in [0.15, 0.2) is 5.82 Å². The van der Waals surface area contributed by atoms with Crippen molar-refractivity contribution in [2.75, 3.05) is 12.4 Å². The molecule has 162 valence electrons. The molecule has 9 nitrogen and oxygen atoms in total. The van der Waals surface area contributed by atoms with Gasteiger partial charge >= 0.3 is 12.1 Å². The number of nitrogens with one attached hydrogen (secondary N) is 2. The van der Waals surface area contributed by atoms with Crippen LogP contribution in [-0.4, -0.2) is 39.7 Å². The van der Waals surface area contributed by atoms with Crippen molar-refractivity contribution in [2.24, 2.45) is 0 Å². The van der Waals surface area contributed by atoms with Crippen LogP contribution in [0.3, 0.4) is 0 Å². The highest BCUT2D eigenvalue weighted by molar-refractivity contribution is 7.16. The van der Waals surface area contributed by atoms with E-state index in [4.69, 9.17) is 21.1 Å². The molecule has 0 saturated heterocycles. The number of amides is 3. The molecule has 3 aromatic rings. The van der Waals surface area contributed by atoms with Crippen LogP contribution in [0.4, 0.5) is 14.7 Å². The van der Waals surface area contributed by atoms with Gasteiger partial charge in [0.1, 0.15) is 5.75 Å². The molecule has 0 bridgehead atoms. The number of para-hydroxylation sites is 1. The summed E-state index contributed by atoms with van der Waals surface area (Å²) in [4.78, 5) is 30.9. The van der Waals surface area contributed by atoms with Crippen molar-refractivity contribution in [1.82, 2.24) is 19.6 Å². The summed E-state index contributed by atoms with van der Waals surface area (Å²) in [5.41, 5.74) is 1.00. The minimum absolute atomic E-state index is 0.131. The maximum Gasteiger partial charge on any atom is 0.413 e. The van der Waals surface area contributed by atoms with E-state index < -0.39 is 18.4 Å². The number of anilines is 1. The molecule has 0 spiro atoms. The Bertz CT molecular complexity index is 1060. The lowest BCUT2D eigenvalue weighted by Gasteiger charge is -2.18. The number of thiophene rings is 1. The highest BCUT2D eigenvalue weighted by atomic mass is 35.5. The standard InChI is InChI=1S/C19H18ClN5O4S2/c1-25(19(27)29-16-8-11-4-2-3-5-13(11)28-16)10-15-22-18(31-24-15)23-17(26)21-9-12-6-7-14(20)30-12/h2-7,16H,8-10H2,1H3,(H2,21,22,23,24,26). The molecule has 1 unspecified atom stereocenters. The van der Waals surface area contributed by atoms with Crippen LogP contribution < -0.4 is 15.4 Å². The smallest absolute Gasteiger partial charge is 0.413 e. The van der Waals surface area contributed by atoms with Crippen LogP contribution >= 0.6 is 34.5 Å². The topological polar surface area (TPSA) is 106 Å². The molecule has 1 aliphatic rings. The molecule has 0 aliphatic carbocycles. The summed E-state index contributed by atoms with van der Waals surface area (Å²) in [5.74, 6) is 1.11. The van der Waals surface area contributed by atoms with Crippen molar-refractivity contribution in [3.05, 3.63) is 57.0 Å². The normalized spacial score (nSPS) is 14.5. The van der Waals surface area contributed by atoms with Crippen LogP contribution in [0.25, 0.3) is 0 Å². The molecule has 31 heavy (non-hydrogen) atoms. The zero-order chi connectivity index (χ0) is 21.8. The second kappa shape index (κ2) is 9.50. The third-order valence-corrected chi connectivity index (χ3v) is 6.18. The number of carbonyl (C=O) groups excluding carboxylic acids is 2. The van der Waals surface area contributed by atoms with E-state index >= 15 is 0 Å². The Labute approximate surface area is 191 Å². The van der Waals surface area contributed by atoms with Crippen LogP contribution in [0, 0.1) is 0 Å². The first-order valence-electron chi connectivity index (χ1n) is 9.24. The van der Waals surface area contributed by atoms with E-state index in [0.29, 0.717) is 28.3 Å². The van der Waals surface area contributed by atoms with Crippen molar-refractivity contribution in [3.63, 3.8) is 0 Å². The maximum atomic E-state index is 12.3. The molecule has 2 N–H and O–H groups in total. The Balaban J connectivity index is 1.22. The number of benzene rings is 1. The predicted molar refractivity (Wildman–Crippen MR) is 118 cm³/mol. The Morgan fingerprint density at radius 2 is 2.16 bits per heavy atom. The van der Waals surface area contributed by atoms with E-state index in [2.05, 4.69) is 20.0 Å². The highest BCUT2D eigenvalue weighted by Gasteiger charge is 2.27. The van der Waals surface area contributed by atoms with Crippen LogP contribution in [0.1, 0.15) is 16.3 Å². The second-order valence-corrected chi connectivity index (χ2v) is 9.18. The van der Waals surface area contributed by atoms with E-state index in [9.17, 15) is 9.59 Å². The average molecular weight is 480 g/mol. The zero-order valence-electron chi connectivity index (χ0n) is 16.3. The molecular weight excluding hydrogens is 462 g/mol. The number of fused-ring (bicyclic) bond motifs is 1. The van der Waals surface area contributed by atoms with Crippen LogP contribution in [0.5, 0.6) is 5.75 Å². The number of hydrogen-bond acceptors (Lipinski definition) is 8. The molecule has 0 saturated carbocycles. The van der Waals surface area contributed by atoms with Crippen molar-refractivity contribution >= 4 is 51.7 Å². The lowest BCUT2D eigenvalue weighted by atomic mass is 10.2. The van der Waals surface area contributed by atoms with Gasteiger partial charge < -0.3 is 19.7 Å². The number of hydrogen-bond donors (Lipinski definition) is 2. The number of carbonyl (C=O) groups is 2. The maximum absolute atomic E-state index is 12.3. The number of rotatable bonds is 6.